The van der Waals surface area contributed by atoms with E-state index in [0.717, 1.165) is 11.1 Å². The van der Waals surface area contributed by atoms with Crippen molar-refractivity contribution < 1.29 is 19.0 Å². The molecule has 0 heterocycles. The molecule has 25 heavy (non-hydrogen) atoms. The van der Waals surface area contributed by atoms with Gasteiger partial charge in [0, 0.05) is 18.2 Å². The number of hydrogen-bond acceptors (Lipinski definition) is 4. The molecule has 1 amide bonds. The number of rotatable bonds is 8. The first-order chi connectivity index (χ1) is 12.0. The van der Waals surface area contributed by atoms with E-state index in [1.54, 1.807) is 32.4 Å². The molecular weight excluding hydrogens is 318 g/mol. The molecule has 0 bridgehead atoms. The summed E-state index contributed by atoms with van der Waals surface area (Å²) in [4.78, 5) is 12.5. The lowest BCUT2D eigenvalue weighted by molar-refractivity contribution is 0.0651. The van der Waals surface area contributed by atoms with Crippen LogP contribution in [0.1, 0.15) is 35.3 Å². The van der Waals surface area contributed by atoms with E-state index in [4.69, 9.17) is 14.2 Å². The van der Waals surface area contributed by atoms with Gasteiger partial charge in [0.1, 0.15) is 11.5 Å². The molecule has 0 unspecified atom stereocenters. The molecule has 0 fully saturated rings. The van der Waals surface area contributed by atoms with Crippen LogP contribution in [-0.2, 0) is 17.9 Å². The van der Waals surface area contributed by atoms with E-state index in [2.05, 4.69) is 5.32 Å². The summed E-state index contributed by atoms with van der Waals surface area (Å²) >= 11 is 0. The number of carbonyl (C=O) groups is 1. The summed E-state index contributed by atoms with van der Waals surface area (Å²) in [5.74, 6) is 0.974. The maximum absolute atomic E-state index is 12.5. The highest BCUT2D eigenvalue weighted by Crippen LogP contribution is 2.22. The van der Waals surface area contributed by atoms with E-state index < -0.39 is 0 Å². The van der Waals surface area contributed by atoms with Crippen molar-refractivity contribution in [2.45, 2.75) is 33.1 Å². The second kappa shape index (κ2) is 9.08. The lowest BCUT2D eigenvalue weighted by Crippen LogP contribution is -2.23. The second-order valence-corrected chi connectivity index (χ2v) is 5.91. The van der Waals surface area contributed by atoms with Crippen LogP contribution in [0.4, 0.5) is 0 Å². The average molecular weight is 343 g/mol. The molecule has 0 aliphatic rings. The molecule has 2 aromatic rings. The molecule has 2 aromatic carbocycles. The number of methoxy groups -OCH3 is 2. The third-order valence-electron chi connectivity index (χ3n) is 3.74. The van der Waals surface area contributed by atoms with Crippen molar-refractivity contribution >= 4 is 5.91 Å². The van der Waals surface area contributed by atoms with Gasteiger partial charge in [0.05, 0.1) is 26.9 Å². The average Bonchev–Trinajstić information content (AvgIpc) is 2.64. The summed E-state index contributed by atoms with van der Waals surface area (Å²) in [6, 6.07) is 13.0. The topological polar surface area (TPSA) is 56.8 Å². The van der Waals surface area contributed by atoms with Crippen molar-refractivity contribution in [3.8, 4) is 11.5 Å². The molecule has 0 saturated carbocycles. The predicted molar refractivity (Wildman–Crippen MR) is 97.1 cm³/mol. The molecule has 0 saturated heterocycles. The van der Waals surface area contributed by atoms with Gasteiger partial charge < -0.3 is 19.5 Å². The maximum atomic E-state index is 12.5. The van der Waals surface area contributed by atoms with Crippen LogP contribution in [0, 0.1) is 0 Å². The first kappa shape index (κ1) is 18.8. The summed E-state index contributed by atoms with van der Waals surface area (Å²) in [6.45, 7) is 4.95. The molecule has 5 heteroatoms. The van der Waals surface area contributed by atoms with Gasteiger partial charge in [-0.05, 0) is 37.1 Å². The Labute approximate surface area is 148 Å². The van der Waals surface area contributed by atoms with Crippen molar-refractivity contribution in [2.24, 2.45) is 0 Å². The van der Waals surface area contributed by atoms with Gasteiger partial charge in [-0.3, -0.25) is 4.79 Å². The third kappa shape index (κ3) is 5.50. The van der Waals surface area contributed by atoms with Gasteiger partial charge in [0.15, 0.2) is 0 Å². The minimum Gasteiger partial charge on any atom is -0.497 e. The van der Waals surface area contributed by atoms with Crippen LogP contribution in [-0.4, -0.2) is 26.2 Å². The van der Waals surface area contributed by atoms with Crippen molar-refractivity contribution in [3.63, 3.8) is 0 Å². The summed E-state index contributed by atoms with van der Waals surface area (Å²) in [7, 11) is 3.11. The molecule has 1 N–H and O–H groups in total. The van der Waals surface area contributed by atoms with Gasteiger partial charge >= 0.3 is 0 Å². The molecule has 5 nitrogen and oxygen atoms in total. The zero-order valence-electron chi connectivity index (χ0n) is 15.2. The van der Waals surface area contributed by atoms with E-state index in [-0.39, 0.29) is 12.0 Å². The summed E-state index contributed by atoms with van der Waals surface area (Å²) in [6.07, 6.45) is 0.159. The first-order valence-corrected chi connectivity index (χ1v) is 8.23. The highest BCUT2D eigenvalue weighted by Gasteiger charge is 2.11. The van der Waals surface area contributed by atoms with E-state index >= 15 is 0 Å². The van der Waals surface area contributed by atoms with Crippen LogP contribution < -0.4 is 14.8 Å². The molecule has 0 atom stereocenters. The Morgan fingerprint density at radius 3 is 2.16 bits per heavy atom. The van der Waals surface area contributed by atoms with E-state index in [1.807, 2.05) is 38.1 Å². The fraction of sp³-hybridized carbons (Fsp3) is 0.350. The zero-order chi connectivity index (χ0) is 18.2. The molecule has 0 aliphatic carbocycles. The van der Waals surface area contributed by atoms with Gasteiger partial charge in [-0.1, -0.05) is 24.3 Å². The van der Waals surface area contributed by atoms with Gasteiger partial charge in [0.25, 0.3) is 5.91 Å². The Hall–Kier alpha value is -2.53. The first-order valence-electron chi connectivity index (χ1n) is 8.23. The lowest BCUT2D eigenvalue weighted by atomic mass is 10.1. The van der Waals surface area contributed by atoms with Crippen LogP contribution >= 0.6 is 0 Å². The quantitative estimate of drug-likeness (QED) is 0.796. The van der Waals surface area contributed by atoms with Gasteiger partial charge in [-0.15, -0.1) is 0 Å². The molecule has 0 aliphatic heterocycles. The van der Waals surface area contributed by atoms with Crippen LogP contribution in [0.15, 0.2) is 42.5 Å². The standard InChI is InChI=1S/C20H25NO4/c1-14(2)25-13-16-8-6-5-7-15(16)12-21-20(22)17-9-18(23-3)11-19(10-17)24-4/h5-11,14H,12-13H2,1-4H3,(H,21,22). The fourth-order valence-corrected chi connectivity index (χ4v) is 2.34. The number of ether oxygens (including phenoxy) is 3. The van der Waals surface area contributed by atoms with Crippen LogP contribution in [0.2, 0.25) is 0 Å². The van der Waals surface area contributed by atoms with Gasteiger partial charge in [0.2, 0.25) is 0 Å². The highest BCUT2D eigenvalue weighted by atomic mass is 16.5. The number of hydrogen-bond donors (Lipinski definition) is 1. The molecule has 2 rings (SSSR count). The lowest BCUT2D eigenvalue weighted by Gasteiger charge is -2.13. The van der Waals surface area contributed by atoms with Crippen LogP contribution in [0.3, 0.4) is 0 Å². The Kier molecular flexibility index (Phi) is 6.83. The number of amides is 1. The van der Waals surface area contributed by atoms with Gasteiger partial charge in [-0.2, -0.15) is 0 Å². The normalized spacial score (nSPS) is 10.6. The number of nitrogens with one attached hydrogen (secondary N) is 1. The summed E-state index contributed by atoms with van der Waals surface area (Å²) in [5.41, 5.74) is 2.60. The largest absolute Gasteiger partial charge is 0.497 e. The van der Waals surface area contributed by atoms with Gasteiger partial charge in [-0.25, -0.2) is 0 Å². The third-order valence-corrected chi connectivity index (χ3v) is 3.74. The number of benzene rings is 2. The molecule has 0 aromatic heterocycles. The van der Waals surface area contributed by atoms with Crippen molar-refractivity contribution in [2.75, 3.05) is 14.2 Å². The summed E-state index contributed by atoms with van der Waals surface area (Å²) < 4.78 is 16.1. The fourth-order valence-electron chi connectivity index (χ4n) is 2.34. The minimum absolute atomic E-state index is 0.159. The van der Waals surface area contributed by atoms with Crippen molar-refractivity contribution in [1.29, 1.82) is 0 Å². The Bertz CT molecular complexity index is 690. The minimum atomic E-state index is -0.184. The van der Waals surface area contributed by atoms with Crippen molar-refractivity contribution in [3.05, 3.63) is 59.2 Å². The zero-order valence-corrected chi connectivity index (χ0v) is 15.2. The number of carbonyl (C=O) groups excluding carboxylic acids is 1. The monoisotopic (exact) mass is 343 g/mol. The highest BCUT2D eigenvalue weighted by molar-refractivity contribution is 5.95. The molecule has 0 spiro atoms. The van der Waals surface area contributed by atoms with E-state index in [1.165, 1.54) is 0 Å². The SMILES string of the molecule is COc1cc(OC)cc(C(=O)NCc2ccccc2COC(C)C)c1. The van der Waals surface area contributed by atoms with E-state index in [9.17, 15) is 4.79 Å². The van der Waals surface area contributed by atoms with E-state index in [0.29, 0.717) is 30.2 Å². The Morgan fingerprint density at radius 1 is 1.00 bits per heavy atom. The second-order valence-electron chi connectivity index (χ2n) is 5.91. The van der Waals surface area contributed by atoms with Crippen molar-refractivity contribution in [1.82, 2.24) is 5.32 Å². The van der Waals surface area contributed by atoms with Crippen LogP contribution in [0.25, 0.3) is 0 Å². The Balaban J connectivity index is 2.07. The molecule has 0 radical (unpaired) electrons. The van der Waals surface area contributed by atoms with Crippen LogP contribution in [0.5, 0.6) is 11.5 Å². The predicted octanol–water partition coefficient (Wildman–Crippen LogP) is 3.56. The Morgan fingerprint density at radius 2 is 1.60 bits per heavy atom. The molecule has 134 valence electrons. The molecular formula is C20H25NO4. The summed E-state index contributed by atoms with van der Waals surface area (Å²) in [5, 5.41) is 2.94. The smallest absolute Gasteiger partial charge is 0.251 e. The maximum Gasteiger partial charge on any atom is 0.251 e.